The van der Waals surface area contributed by atoms with E-state index < -0.39 is 0 Å². The third-order valence-electron chi connectivity index (χ3n) is 5.13. The number of hydrogen-bond donors (Lipinski definition) is 0. The second-order valence-electron chi connectivity index (χ2n) is 7.05. The third kappa shape index (κ3) is 3.93. The molecule has 1 aromatic heterocycles. The summed E-state index contributed by atoms with van der Waals surface area (Å²) in [5.41, 5.74) is 3.08. The number of piperidine rings is 1. The lowest BCUT2D eigenvalue weighted by atomic mass is 9.93. The van der Waals surface area contributed by atoms with Crippen molar-refractivity contribution in [1.29, 1.82) is 0 Å². The Hall–Kier alpha value is -3.08. The molecule has 3 nitrogen and oxygen atoms in total. The van der Waals surface area contributed by atoms with Crippen LogP contribution in [0.25, 0.3) is 11.3 Å². The van der Waals surface area contributed by atoms with Crippen LogP contribution >= 0.6 is 0 Å². The number of amides is 1. The highest BCUT2D eigenvalue weighted by atomic mass is 19.1. The average molecular weight is 378 g/mol. The Kier molecular flexibility index (Phi) is 5.15. The number of nitrogens with zero attached hydrogens (tertiary/aromatic N) is 2. The molecule has 2 aromatic carbocycles. The molecule has 0 unspecified atom stereocenters. The largest absolute Gasteiger partial charge is 0.338 e. The first kappa shape index (κ1) is 18.3. The zero-order valence-electron chi connectivity index (χ0n) is 15.3. The van der Waals surface area contributed by atoms with Crippen LogP contribution in [0.5, 0.6) is 0 Å². The van der Waals surface area contributed by atoms with Crippen LogP contribution in [0.4, 0.5) is 8.78 Å². The lowest BCUT2D eigenvalue weighted by molar-refractivity contribution is 0.0706. The molecular formula is C23H20F2N2O. The van der Waals surface area contributed by atoms with Crippen LogP contribution in [-0.2, 0) is 0 Å². The van der Waals surface area contributed by atoms with Gasteiger partial charge in [0.2, 0.25) is 0 Å². The van der Waals surface area contributed by atoms with Gasteiger partial charge in [-0.05, 0) is 73.5 Å². The van der Waals surface area contributed by atoms with Crippen LogP contribution in [0.3, 0.4) is 0 Å². The number of hydrogen-bond acceptors (Lipinski definition) is 2. The number of pyridine rings is 1. The van der Waals surface area contributed by atoms with Crippen LogP contribution in [0.1, 0.15) is 34.8 Å². The van der Waals surface area contributed by atoms with Crippen LogP contribution in [0.2, 0.25) is 0 Å². The first-order valence-electron chi connectivity index (χ1n) is 9.38. The Morgan fingerprint density at radius 3 is 2.32 bits per heavy atom. The SMILES string of the molecule is O=C(c1ccc(F)cc1)N1CCC[C@@H](c2cccc(-c3ccc(F)cc3)n2)C1. The Morgan fingerprint density at radius 2 is 1.61 bits per heavy atom. The summed E-state index contributed by atoms with van der Waals surface area (Å²) in [6, 6.07) is 17.8. The van der Waals surface area contributed by atoms with Crippen molar-refractivity contribution in [3.63, 3.8) is 0 Å². The number of benzene rings is 2. The number of aromatic nitrogens is 1. The van der Waals surface area contributed by atoms with Gasteiger partial charge in [0.1, 0.15) is 11.6 Å². The van der Waals surface area contributed by atoms with Gasteiger partial charge >= 0.3 is 0 Å². The maximum atomic E-state index is 13.2. The van der Waals surface area contributed by atoms with Gasteiger partial charge in [0.15, 0.2) is 0 Å². The van der Waals surface area contributed by atoms with Crippen molar-refractivity contribution in [2.75, 3.05) is 13.1 Å². The summed E-state index contributed by atoms with van der Waals surface area (Å²) < 4.78 is 26.3. The molecule has 0 N–H and O–H groups in total. The molecule has 5 heteroatoms. The van der Waals surface area contributed by atoms with Gasteiger partial charge in [-0.2, -0.15) is 0 Å². The molecule has 0 radical (unpaired) electrons. The van der Waals surface area contributed by atoms with Crippen molar-refractivity contribution >= 4 is 5.91 Å². The van der Waals surface area contributed by atoms with Gasteiger partial charge in [0.25, 0.3) is 5.91 Å². The Balaban J connectivity index is 1.53. The highest BCUT2D eigenvalue weighted by molar-refractivity contribution is 5.94. The second-order valence-corrected chi connectivity index (χ2v) is 7.05. The molecular weight excluding hydrogens is 358 g/mol. The molecule has 0 spiro atoms. The van der Waals surface area contributed by atoms with Crippen molar-refractivity contribution in [3.8, 4) is 11.3 Å². The number of carbonyl (C=O) groups excluding carboxylic acids is 1. The van der Waals surface area contributed by atoms with Crippen LogP contribution < -0.4 is 0 Å². The van der Waals surface area contributed by atoms with E-state index in [0.717, 1.165) is 29.8 Å². The molecule has 3 aromatic rings. The molecule has 1 fully saturated rings. The fourth-order valence-corrected chi connectivity index (χ4v) is 3.64. The first-order chi connectivity index (χ1) is 13.6. The zero-order chi connectivity index (χ0) is 19.5. The lowest BCUT2D eigenvalue weighted by Crippen LogP contribution is -2.39. The molecule has 2 heterocycles. The Labute approximate surface area is 162 Å². The summed E-state index contributed by atoms with van der Waals surface area (Å²) in [5, 5.41) is 0. The van der Waals surface area contributed by atoms with Gasteiger partial charge < -0.3 is 4.90 Å². The molecule has 0 bridgehead atoms. The quantitative estimate of drug-likeness (QED) is 0.639. The number of halogens is 2. The standard InChI is InChI=1S/C23H20F2N2O/c24-19-10-6-16(7-11-19)21-4-1-5-22(26-21)18-3-2-14-27(15-18)23(28)17-8-12-20(25)13-9-17/h1,4-13,18H,2-3,14-15H2/t18-/m1/s1. The van der Waals surface area contributed by atoms with E-state index >= 15 is 0 Å². The smallest absolute Gasteiger partial charge is 0.253 e. The molecule has 1 amide bonds. The maximum Gasteiger partial charge on any atom is 0.253 e. The van der Waals surface area contributed by atoms with Gasteiger partial charge in [-0.25, -0.2) is 8.78 Å². The fourth-order valence-electron chi connectivity index (χ4n) is 3.64. The molecule has 1 saturated heterocycles. The van der Waals surface area contributed by atoms with E-state index in [1.54, 1.807) is 12.1 Å². The molecule has 1 atom stereocenters. The second kappa shape index (κ2) is 7.89. The van der Waals surface area contributed by atoms with Gasteiger partial charge in [0.05, 0.1) is 5.69 Å². The molecule has 142 valence electrons. The van der Waals surface area contributed by atoms with Gasteiger partial charge in [-0.1, -0.05) is 6.07 Å². The average Bonchev–Trinajstić information content (AvgIpc) is 2.74. The summed E-state index contributed by atoms with van der Waals surface area (Å²) in [5.74, 6) is -0.574. The lowest BCUT2D eigenvalue weighted by Gasteiger charge is -2.32. The normalized spacial score (nSPS) is 16.8. The van der Waals surface area contributed by atoms with Crippen molar-refractivity contribution in [2.45, 2.75) is 18.8 Å². The zero-order valence-corrected chi connectivity index (χ0v) is 15.3. The topological polar surface area (TPSA) is 33.2 Å². The van der Waals surface area contributed by atoms with Crippen molar-refractivity contribution in [2.24, 2.45) is 0 Å². The monoisotopic (exact) mass is 378 g/mol. The Bertz CT molecular complexity index is 971. The number of likely N-dealkylation sites (tertiary alicyclic amines) is 1. The number of rotatable bonds is 3. The minimum Gasteiger partial charge on any atom is -0.338 e. The van der Waals surface area contributed by atoms with Gasteiger partial charge in [-0.15, -0.1) is 0 Å². The molecule has 1 aliphatic rings. The van der Waals surface area contributed by atoms with E-state index in [4.69, 9.17) is 4.98 Å². The van der Waals surface area contributed by atoms with E-state index in [9.17, 15) is 13.6 Å². The van der Waals surface area contributed by atoms with E-state index in [-0.39, 0.29) is 23.5 Å². The molecule has 28 heavy (non-hydrogen) atoms. The van der Waals surface area contributed by atoms with E-state index in [0.29, 0.717) is 18.7 Å². The van der Waals surface area contributed by atoms with Gasteiger partial charge in [0, 0.05) is 35.8 Å². The maximum absolute atomic E-state index is 13.2. The molecule has 0 saturated carbocycles. The van der Waals surface area contributed by atoms with Crippen molar-refractivity contribution in [1.82, 2.24) is 9.88 Å². The minimum absolute atomic E-state index is 0.0839. The fraction of sp³-hybridized carbons (Fsp3) is 0.217. The summed E-state index contributed by atoms with van der Waals surface area (Å²) in [6.45, 7) is 1.26. The number of carbonyl (C=O) groups is 1. The van der Waals surface area contributed by atoms with Crippen LogP contribution in [0.15, 0.2) is 66.7 Å². The van der Waals surface area contributed by atoms with E-state index in [2.05, 4.69) is 0 Å². The van der Waals surface area contributed by atoms with Crippen molar-refractivity contribution < 1.29 is 13.6 Å². The minimum atomic E-state index is -0.352. The van der Waals surface area contributed by atoms with Gasteiger partial charge in [-0.3, -0.25) is 9.78 Å². The first-order valence-corrected chi connectivity index (χ1v) is 9.38. The molecule has 4 rings (SSSR count). The van der Waals surface area contributed by atoms with Crippen LogP contribution in [0, 0.1) is 11.6 Å². The predicted molar refractivity (Wildman–Crippen MR) is 104 cm³/mol. The Morgan fingerprint density at radius 1 is 0.929 bits per heavy atom. The molecule has 0 aliphatic carbocycles. The van der Waals surface area contributed by atoms with Crippen LogP contribution in [-0.4, -0.2) is 28.9 Å². The van der Waals surface area contributed by atoms with E-state index in [1.165, 1.54) is 36.4 Å². The summed E-state index contributed by atoms with van der Waals surface area (Å²) >= 11 is 0. The summed E-state index contributed by atoms with van der Waals surface area (Å²) in [6.07, 6.45) is 1.84. The summed E-state index contributed by atoms with van der Waals surface area (Å²) in [4.78, 5) is 19.3. The predicted octanol–water partition coefficient (Wildman–Crippen LogP) is 5.05. The van der Waals surface area contributed by atoms with E-state index in [1.807, 2.05) is 23.1 Å². The molecule has 1 aliphatic heterocycles. The van der Waals surface area contributed by atoms with Crippen molar-refractivity contribution in [3.05, 3.63) is 89.6 Å². The third-order valence-corrected chi connectivity index (χ3v) is 5.13. The summed E-state index contributed by atoms with van der Waals surface area (Å²) in [7, 11) is 0. The highest BCUT2D eigenvalue weighted by Crippen LogP contribution is 2.28. The highest BCUT2D eigenvalue weighted by Gasteiger charge is 2.26.